The number of carbonyl (C=O) groups excluding carboxylic acids is 1. The van der Waals surface area contributed by atoms with Gasteiger partial charge < -0.3 is 10.0 Å². The molecule has 0 saturated heterocycles. The van der Waals surface area contributed by atoms with Gasteiger partial charge in [-0.3, -0.25) is 4.79 Å². The van der Waals surface area contributed by atoms with Crippen LogP contribution < -0.4 is 0 Å². The standard InChI is InChI=1S/C11H12F3NO2/c1-7-5-8(16)3-4-9(7)10(17)15(2)6-11(12,13)14/h3-5,16H,6H2,1-2H3. The van der Waals surface area contributed by atoms with Crippen molar-refractivity contribution in [1.82, 2.24) is 4.90 Å². The first-order valence-electron chi connectivity index (χ1n) is 4.82. The molecule has 0 aromatic heterocycles. The molecule has 0 aliphatic heterocycles. The summed E-state index contributed by atoms with van der Waals surface area (Å²) in [5, 5.41) is 9.14. The van der Waals surface area contributed by atoms with E-state index in [1.807, 2.05) is 0 Å². The van der Waals surface area contributed by atoms with E-state index in [1.54, 1.807) is 6.92 Å². The quantitative estimate of drug-likeness (QED) is 0.871. The van der Waals surface area contributed by atoms with Gasteiger partial charge in [-0.25, -0.2) is 0 Å². The van der Waals surface area contributed by atoms with Gasteiger partial charge in [0.2, 0.25) is 0 Å². The molecule has 0 bridgehead atoms. The van der Waals surface area contributed by atoms with Crippen molar-refractivity contribution in [1.29, 1.82) is 0 Å². The summed E-state index contributed by atoms with van der Waals surface area (Å²) in [4.78, 5) is 12.3. The van der Waals surface area contributed by atoms with Crippen LogP contribution in [0.4, 0.5) is 13.2 Å². The number of nitrogens with zero attached hydrogens (tertiary/aromatic N) is 1. The van der Waals surface area contributed by atoms with Crippen molar-refractivity contribution in [3.05, 3.63) is 29.3 Å². The van der Waals surface area contributed by atoms with Crippen LogP contribution in [0, 0.1) is 6.92 Å². The highest BCUT2D eigenvalue weighted by Crippen LogP contribution is 2.20. The van der Waals surface area contributed by atoms with E-state index in [2.05, 4.69) is 0 Å². The number of benzene rings is 1. The van der Waals surface area contributed by atoms with Crippen LogP contribution in [-0.4, -0.2) is 35.7 Å². The van der Waals surface area contributed by atoms with Crippen LogP contribution in [0.15, 0.2) is 18.2 Å². The fraction of sp³-hybridized carbons (Fsp3) is 0.364. The van der Waals surface area contributed by atoms with Crippen molar-refractivity contribution in [3.8, 4) is 5.75 Å². The molecule has 1 aromatic carbocycles. The molecule has 0 fully saturated rings. The van der Waals surface area contributed by atoms with Crippen molar-refractivity contribution >= 4 is 5.91 Å². The molecule has 94 valence electrons. The normalized spacial score (nSPS) is 11.4. The van der Waals surface area contributed by atoms with E-state index < -0.39 is 18.6 Å². The lowest BCUT2D eigenvalue weighted by Crippen LogP contribution is -2.36. The summed E-state index contributed by atoms with van der Waals surface area (Å²) in [6.07, 6.45) is -4.42. The van der Waals surface area contributed by atoms with E-state index >= 15 is 0 Å². The van der Waals surface area contributed by atoms with Crippen molar-refractivity contribution in [2.75, 3.05) is 13.6 Å². The van der Waals surface area contributed by atoms with Crippen LogP contribution in [0.1, 0.15) is 15.9 Å². The van der Waals surface area contributed by atoms with Gasteiger partial charge in [-0.2, -0.15) is 13.2 Å². The number of hydrogen-bond acceptors (Lipinski definition) is 2. The number of halogens is 3. The molecule has 0 saturated carbocycles. The maximum absolute atomic E-state index is 12.1. The van der Waals surface area contributed by atoms with Crippen molar-refractivity contribution in [3.63, 3.8) is 0 Å². The first kappa shape index (κ1) is 13.3. The smallest absolute Gasteiger partial charge is 0.406 e. The number of hydrogen-bond donors (Lipinski definition) is 1. The Labute approximate surface area is 96.5 Å². The molecule has 3 nitrogen and oxygen atoms in total. The van der Waals surface area contributed by atoms with Gasteiger partial charge >= 0.3 is 6.18 Å². The minimum absolute atomic E-state index is 0.0301. The lowest BCUT2D eigenvalue weighted by molar-refractivity contribution is -0.138. The highest BCUT2D eigenvalue weighted by Gasteiger charge is 2.31. The number of amides is 1. The Morgan fingerprint density at radius 2 is 2.00 bits per heavy atom. The summed E-state index contributed by atoms with van der Waals surface area (Å²) in [5.41, 5.74) is 0.582. The fourth-order valence-corrected chi connectivity index (χ4v) is 1.43. The van der Waals surface area contributed by atoms with Gasteiger partial charge in [0.05, 0.1) is 0 Å². The highest BCUT2D eigenvalue weighted by atomic mass is 19.4. The maximum Gasteiger partial charge on any atom is 0.406 e. The zero-order valence-electron chi connectivity index (χ0n) is 9.38. The molecule has 0 radical (unpaired) electrons. The summed E-state index contributed by atoms with van der Waals surface area (Å²) in [6, 6.07) is 3.90. The van der Waals surface area contributed by atoms with Crippen molar-refractivity contribution in [2.24, 2.45) is 0 Å². The van der Waals surface area contributed by atoms with Crippen LogP contribution >= 0.6 is 0 Å². The Kier molecular flexibility index (Phi) is 3.65. The SMILES string of the molecule is Cc1cc(O)ccc1C(=O)N(C)CC(F)(F)F. The second-order valence-corrected chi connectivity index (χ2v) is 3.78. The van der Waals surface area contributed by atoms with Gasteiger partial charge in [-0.15, -0.1) is 0 Å². The third-order valence-electron chi connectivity index (χ3n) is 2.20. The van der Waals surface area contributed by atoms with Crippen LogP contribution in [0.2, 0.25) is 0 Å². The number of carbonyl (C=O) groups is 1. The third-order valence-corrected chi connectivity index (χ3v) is 2.20. The molecular weight excluding hydrogens is 235 g/mol. The Balaban J connectivity index is 2.89. The van der Waals surface area contributed by atoms with Crippen LogP contribution in [0.5, 0.6) is 5.75 Å². The summed E-state index contributed by atoms with van der Waals surface area (Å²) < 4.78 is 36.3. The molecule has 1 rings (SSSR count). The topological polar surface area (TPSA) is 40.5 Å². The van der Waals surface area contributed by atoms with Crippen LogP contribution in [-0.2, 0) is 0 Å². The second kappa shape index (κ2) is 4.65. The molecule has 0 unspecified atom stereocenters. The van der Waals surface area contributed by atoms with Gasteiger partial charge in [0.1, 0.15) is 12.3 Å². The Morgan fingerprint density at radius 1 is 1.41 bits per heavy atom. The number of phenolic OH excluding ortho intramolecular Hbond substituents is 1. The van der Waals surface area contributed by atoms with E-state index in [0.29, 0.717) is 10.5 Å². The zero-order chi connectivity index (χ0) is 13.2. The van der Waals surface area contributed by atoms with E-state index in [-0.39, 0.29) is 11.3 Å². The Morgan fingerprint density at radius 3 is 2.47 bits per heavy atom. The molecule has 0 heterocycles. The van der Waals surface area contributed by atoms with Gasteiger partial charge in [0, 0.05) is 12.6 Å². The predicted molar refractivity (Wildman–Crippen MR) is 55.9 cm³/mol. The average Bonchev–Trinajstić information content (AvgIpc) is 2.14. The first-order chi connectivity index (χ1) is 7.70. The summed E-state index contributed by atoms with van der Waals surface area (Å²) in [6.45, 7) is 0.251. The van der Waals surface area contributed by atoms with E-state index in [1.165, 1.54) is 18.2 Å². The molecule has 0 aliphatic rings. The molecule has 17 heavy (non-hydrogen) atoms. The molecule has 6 heteroatoms. The molecule has 0 atom stereocenters. The molecule has 0 aliphatic carbocycles. The lowest BCUT2D eigenvalue weighted by atomic mass is 10.1. The maximum atomic E-state index is 12.1. The Hall–Kier alpha value is -1.72. The number of aryl methyl sites for hydroxylation is 1. The third kappa shape index (κ3) is 3.65. The van der Waals surface area contributed by atoms with Gasteiger partial charge in [0.15, 0.2) is 0 Å². The minimum atomic E-state index is -4.42. The number of aromatic hydroxyl groups is 1. The average molecular weight is 247 g/mol. The van der Waals surface area contributed by atoms with Gasteiger partial charge in [-0.1, -0.05) is 0 Å². The molecule has 0 spiro atoms. The van der Waals surface area contributed by atoms with E-state index in [0.717, 1.165) is 7.05 Å². The summed E-state index contributed by atoms with van der Waals surface area (Å²) in [5.74, 6) is -0.752. The van der Waals surface area contributed by atoms with Crippen molar-refractivity contribution in [2.45, 2.75) is 13.1 Å². The monoisotopic (exact) mass is 247 g/mol. The predicted octanol–water partition coefficient (Wildman–Crippen LogP) is 2.33. The highest BCUT2D eigenvalue weighted by molar-refractivity contribution is 5.95. The van der Waals surface area contributed by atoms with E-state index in [9.17, 15) is 18.0 Å². The molecule has 1 N–H and O–H groups in total. The molecular formula is C11H12F3NO2. The Bertz CT molecular complexity index is 429. The first-order valence-corrected chi connectivity index (χ1v) is 4.82. The van der Waals surface area contributed by atoms with E-state index in [4.69, 9.17) is 5.11 Å². The summed E-state index contributed by atoms with van der Waals surface area (Å²) in [7, 11) is 1.09. The summed E-state index contributed by atoms with van der Waals surface area (Å²) >= 11 is 0. The van der Waals surface area contributed by atoms with Gasteiger partial charge in [0.25, 0.3) is 5.91 Å². The lowest BCUT2D eigenvalue weighted by Gasteiger charge is -2.19. The molecule has 1 amide bonds. The van der Waals surface area contributed by atoms with Gasteiger partial charge in [-0.05, 0) is 30.7 Å². The fourth-order valence-electron chi connectivity index (χ4n) is 1.43. The number of phenols is 1. The number of rotatable bonds is 2. The zero-order valence-corrected chi connectivity index (χ0v) is 9.38. The van der Waals surface area contributed by atoms with Crippen LogP contribution in [0.25, 0.3) is 0 Å². The minimum Gasteiger partial charge on any atom is -0.508 e. The molecule has 1 aromatic rings. The van der Waals surface area contributed by atoms with Crippen molar-refractivity contribution < 1.29 is 23.1 Å². The van der Waals surface area contributed by atoms with Crippen LogP contribution in [0.3, 0.4) is 0 Å². The largest absolute Gasteiger partial charge is 0.508 e. The number of alkyl halides is 3. The second-order valence-electron chi connectivity index (χ2n) is 3.78.